The lowest BCUT2D eigenvalue weighted by molar-refractivity contribution is 0.0926. The molecule has 0 amide bonds. The molecule has 3 nitrogen and oxygen atoms in total. The van der Waals surface area contributed by atoms with E-state index >= 15 is 0 Å². The molecule has 2 unspecified atom stereocenters. The Bertz CT molecular complexity index is 265. The van der Waals surface area contributed by atoms with E-state index in [4.69, 9.17) is 0 Å². The van der Waals surface area contributed by atoms with Gasteiger partial charge in [0.1, 0.15) is 0 Å². The maximum Gasteiger partial charge on any atom is 0.0244 e. The van der Waals surface area contributed by atoms with Crippen molar-refractivity contribution >= 4 is 0 Å². The summed E-state index contributed by atoms with van der Waals surface area (Å²) in [5.74, 6) is 0.749. The van der Waals surface area contributed by atoms with E-state index in [1.807, 2.05) is 0 Å². The Morgan fingerprint density at radius 2 is 1.90 bits per heavy atom. The van der Waals surface area contributed by atoms with Crippen LogP contribution in [0, 0.1) is 5.92 Å². The lowest BCUT2D eigenvalue weighted by Gasteiger charge is -2.42. The number of piperazine rings is 1. The molecule has 0 aliphatic carbocycles. The van der Waals surface area contributed by atoms with Crippen LogP contribution in [0.1, 0.15) is 60.3 Å². The topological polar surface area (TPSA) is 18.5 Å². The third-order valence-electron chi connectivity index (χ3n) is 5.03. The van der Waals surface area contributed by atoms with Gasteiger partial charge in [0.25, 0.3) is 0 Å². The first-order valence-corrected chi connectivity index (χ1v) is 9.13. The van der Waals surface area contributed by atoms with Gasteiger partial charge in [0.15, 0.2) is 0 Å². The first-order chi connectivity index (χ1) is 9.95. The second-order valence-corrected chi connectivity index (χ2v) is 7.48. The van der Waals surface area contributed by atoms with Crippen LogP contribution in [0.3, 0.4) is 0 Å². The molecule has 0 radical (unpaired) electrons. The third-order valence-corrected chi connectivity index (χ3v) is 5.03. The Kier molecular flexibility index (Phi) is 8.84. The van der Waals surface area contributed by atoms with Crippen molar-refractivity contribution < 1.29 is 0 Å². The van der Waals surface area contributed by atoms with E-state index in [9.17, 15) is 0 Å². The molecular formula is C18H39N3. The van der Waals surface area contributed by atoms with Gasteiger partial charge >= 0.3 is 0 Å². The quantitative estimate of drug-likeness (QED) is 0.659. The maximum atomic E-state index is 3.76. The predicted molar refractivity (Wildman–Crippen MR) is 93.9 cm³/mol. The molecule has 1 fully saturated rings. The number of hydrogen-bond acceptors (Lipinski definition) is 3. The van der Waals surface area contributed by atoms with Gasteiger partial charge in [0.05, 0.1) is 0 Å². The van der Waals surface area contributed by atoms with E-state index in [0.717, 1.165) is 12.0 Å². The summed E-state index contributed by atoms with van der Waals surface area (Å²) < 4.78 is 0. The molecule has 1 N–H and O–H groups in total. The zero-order valence-corrected chi connectivity index (χ0v) is 15.4. The van der Waals surface area contributed by atoms with Crippen LogP contribution in [0.25, 0.3) is 0 Å². The van der Waals surface area contributed by atoms with Crippen LogP contribution < -0.4 is 5.32 Å². The van der Waals surface area contributed by atoms with E-state index in [1.165, 1.54) is 51.9 Å². The van der Waals surface area contributed by atoms with Crippen LogP contribution in [0.4, 0.5) is 0 Å². The molecule has 0 aromatic carbocycles. The van der Waals surface area contributed by atoms with Crippen molar-refractivity contribution in [2.45, 2.75) is 78.4 Å². The van der Waals surface area contributed by atoms with E-state index in [0.29, 0.717) is 12.1 Å². The van der Waals surface area contributed by atoms with Gasteiger partial charge in [-0.3, -0.25) is 4.90 Å². The molecule has 0 aromatic heterocycles. The predicted octanol–water partition coefficient (Wildman–Crippen LogP) is 3.21. The minimum atomic E-state index is 0.668. The Balaban J connectivity index is 2.36. The second-order valence-electron chi connectivity index (χ2n) is 7.48. The highest BCUT2D eigenvalue weighted by atomic mass is 15.2. The summed E-state index contributed by atoms with van der Waals surface area (Å²) in [6.45, 7) is 16.5. The first kappa shape index (κ1) is 18.9. The summed E-state index contributed by atoms with van der Waals surface area (Å²) in [5.41, 5.74) is 0. The lowest BCUT2D eigenvalue weighted by atomic mass is 9.96. The van der Waals surface area contributed by atoms with Crippen LogP contribution in [-0.4, -0.2) is 61.2 Å². The lowest BCUT2D eigenvalue weighted by Crippen LogP contribution is -2.58. The Morgan fingerprint density at radius 3 is 2.48 bits per heavy atom. The number of nitrogens with zero attached hydrogens (tertiary/aromatic N) is 2. The average Bonchev–Trinajstić information content (AvgIpc) is 2.43. The van der Waals surface area contributed by atoms with E-state index in [-0.39, 0.29) is 0 Å². The normalized spacial score (nSPS) is 24.4. The fourth-order valence-corrected chi connectivity index (χ4v) is 3.29. The summed E-state index contributed by atoms with van der Waals surface area (Å²) >= 11 is 0. The first-order valence-electron chi connectivity index (χ1n) is 9.13. The molecule has 3 heteroatoms. The van der Waals surface area contributed by atoms with Crippen molar-refractivity contribution in [1.82, 2.24) is 15.1 Å². The van der Waals surface area contributed by atoms with Crippen molar-refractivity contribution in [2.24, 2.45) is 5.92 Å². The zero-order chi connectivity index (χ0) is 15.8. The van der Waals surface area contributed by atoms with Crippen LogP contribution in [0.15, 0.2) is 0 Å². The van der Waals surface area contributed by atoms with Crippen LogP contribution in [-0.2, 0) is 0 Å². The molecule has 0 bridgehead atoms. The van der Waals surface area contributed by atoms with Gasteiger partial charge in [-0.15, -0.1) is 0 Å². The van der Waals surface area contributed by atoms with E-state index in [1.54, 1.807) is 0 Å². The number of nitrogens with one attached hydrogen (secondary N) is 1. The van der Waals surface area contributed by atoms with Crippen molar-refractivity contribution in [3.8, 4) is 0 Å². The standard InChI is InChI=1S/C18H39N3/c1-7-10-17-14-21(18(13-19-17)15(2)3)12-9-8-11-20(6)16(4)5/h15-19H,7-14H2,1-6H3. The van der Waals surface area contributed by atoms with Gasteiger partial charge in [-0.1, -0.05) is 27.2 Å². The average molecular weight is 298 g/mol. The molecule has 0 spiro atoms. The SMILES string of the molecule is CCCC1CN(CCCCN(C)C(C)C)C(C(C)C)CN1. The van der Waals surface area contributed by atoms with Gasteiger partial charge in [-0.05, 0) is 59.2 Å². The molecule has 21 heavy (non-hydrogen) atoms. The van der Waals surface area contributed by atoms with Crippen molar-refractivity contribution in [3.05, 3.63) is 0 Å². The fraction of sp³-hybridized carbons (Fsp3) is 1.00. The summed E-state index contributed by atoms with van der Waals surface area (Å²) in [6.07, 6.45) is 5.26. The van der Waals surface area contributed by atoms with Gasteiger partial charge in [0.2, 0.25) is 0 Å². The summed E-state index contributed by atoms with van der Waals surface area (Å²) in [5, 5.41) is 3.76. The molecule has 1 aliphatic heterocycles. The van der Waals surface area contributed by atoms with Gasteiger partial charge in [-0.25, -0.2) is 0 Å². The van der Waals surface area contributed by atoms with E-state index in [2.05, 4.69) is 56.8 Å². The van der Waals surface area contributed by atoms with Gasteiger partial charge in [0, 0.05) is 31.2 Å². The fourth-order valence-electron chi connectivity index (χ4n) is 3.29. The summed E-state index contributed by atoms with van der Waals surface area (Å²) in [6, 6.07) is 2.10. The third kappa shape index (κ3) is 6.66. The largest absolute Gasteiger partial charge is 0.311 e. The van der Waals surface area contributed by atoms with E-state index < -0.39 is 0 Å². The van der Waals surface area contributed by atoms with Crippen LogP contribution in [0.2, 0.25) is 0 Å². The minimum absolute atomic E-state index is 0.668. The molecule has 1 aliphatic rings. The maximum absolute atomic E-state index is 3.76. The van der Waals surface area contributed by atoms with Gasteiger partial charge < -0.3 is 10.2 Å². The number of hydrogen-bond donors (Lipinski definition) is 1. The second kappa shape index (κ2) is 9.81. The Morgan fingerprint density at radius 1 is 1.19 bits per heavy atom. The Labute approximate surface area is 133 Å². The van der Waals surface area contributed by atoms with Crippen molar-refractivity contribution in [3.63, 3.8) is 0 Å². The summed E-state index contributed by atoms with van der Waals surface area (Å²) in [4.78, 5) is 5.22. The van der Waals surface area contributed by atoms with Crippen molar-refractivity contribution in [1.29, 1.82) is 0 Å². The Hall–Kier alpha value is -0.120. The molecule has 0 aromatic rings. The van der Waals surface area contributed by atoms with Crippen molar-refractivity contribution in [2.75, 3.05) is 33.2 Å². The molecular weight excluding hydrogens is 258 g/mol. The summed E-state index contributed by atoms with van der Waals surface area (Å²) in [7, 11) is 2.24. The number of rotatable bonds is 9. The van der Waals surface area contributed by atoms with Crippen LogP contribution >= 0.6 is 0 Å². The van der Waals surface area contributed by atoms with Gasteiger partial charge in [-0.2, -0.15) is 0 Å². The highest BCUT2D eigenvalue weighted by Crippen LogP contribution is 2.17. The highest BCUT2D eigenvalue weighted by molar-refractivity contribution is 4.87. The zero-order valence-electron chi connectivity index (χ0n) is 15.4. The monoisotopic (exact) mass is 297 g/mol. The molecule has 2 atom stereocenters. The molecule has 1 heterocycles. The van der Waals surface area contributed by atoms with Crippen LogP contribution in [0.5, 0.6) is 0 Å². The minimum Gasteiger partial charge on any atom is -0.311 e. The molecule has 1 saturated heterocycles. The molecule has 126 valence electrons. The molecule has 1 rings (SSSR count). The smallest absolute Gasteiger partial charge is 0.0244 e. The number of unbranched alkanes of at least 4 members (excludes halogenated alkanes) is 1. The molecule has 0 saturated carbocycles. The highest BCUT2D eigenvalue weighted by Gasteiger charge is 2.28.